The van der Waals surface area contributed by atoms with Crippen LogP contribution in [0, 0.1) is 5.92 Å². The van der Waals surface area contributed by atoms with Crippen molar-refractivity contribution in [2.24, 2.45) is 13.0 Å². The van der Waals surface area contributed by atoms with Crippen molar-refractivity contribution in [1.82, 2.24) is 25.0 Å². The van der Waals surface area contributed by atoms with Gasteiger partial charge in [-0.15, -0.1) is 0 Å². The second-order valence-electron chi connectivity index (χ2n) is 9.95. The normalized spacial score (nSPS) is 20.9. The number of alkyl halides is 2. The number of carbonyl (C=O) groups is 1. The number of nitrogens with one attached hydrogen (secondary N) is 1. The van der Waals surface area contributed by atoms with E-state index in [1.165, 1.54) is 22.6 Å². The number of amides is 1. The molecule has 1 aliphatic carbocycles. The van der Waals surface area contributed by atoms with Crippen LogP contribution in [0.5, 0.6) is 5.19 Å². The van der Waals surface area contributed by atoms with Gasteiger partial charge in [-0.1, -0.05) is 17.4 Å². The van der Waals surface area contributed by atoms with E-state index in [-0.39, 0.29) is 11.9 Å². The molecule has 1 aromatic carbocycles. The Kier molecular flexibility index (Phi) is 7.81. The first kappa shape index (κ1) is 25.1. The predicted octanol–water partition coefficient (Wildman–Crippen LogP) is 4.45. The zero-order chi connectivity index (χ0) is 25.1. The number of thiazole rings is 1. The molecule has 7 nitrogen and oxygen atoms in total. The number of benzene rings is 1. The molecule has 2 aliphatic rings. The number of fused-ring (bicyclic) bond motifs is 2. The van der Waals surface area contributed by atoms with Crippen LogP contribution in [-0.2, 0) is 19.9 Å². The molecule has 0 bridgehead atoms. The van der Waals surface area contributed by atoms with Gasteiger partial charge in [0.25, 0.3) is 17.5 Å². The third-order valence-corrected chi connectivity index (χ3v) is 8.40. The molecule has 0 spiro atoms. The number of aryl methyl sites for hydroxylation is 1. The Morgan fingerprint density at radius 2 is 2.03 bits per heavy atom. The number of rotatable bonds is 8. The maximum Gasteiger partial charge on any atom is 0.273 e. The van der Waals surface area contributed by atoms with E-state index in [0.717, 1.165) is 74.8 Å². The Morgan fingerprint density at radius 1 is 1.22 bits per heavy atom. The van der Waals surface area contributed by atoms with Crippen molar-refractivity contribution >= 4 is 28.1 Å². The molecule has 1 amide bonds. The van der Waals surface area contributed by atoms with Gasteiger partial charge in [0, 0.05) is 54.6 Å². The summed E-state index contributed by atoms with van der Waals surface area (Å²) in [6.07, 6.45) is 6.69. The van der Waals surface area contributed by atoms with Gasteiger partial charge < -0.3 is 15.0 Å². The Balaban J connectivity index is 1.03. The average molecular weight is 518 g/mol. The molecule has 0 radical (unpaired) electrons. The number of halogens is 2. The predicted molar refractivity (Wildman–Crippen MR) is 136 cm³/mol. The molecule has 1 aliphatic heterocycles. The topological polar surface area (TPSA) is 72.3 Å². The van der Waals surface area contributed by atoms with Gasteiger partial charge in [0.1, 0.15) is 0 Å². The number of ether oxygens (including phenoxy) is 1. The molecule has 0 unspecified atom stereocenters. The fourth-order valence-corrected chi connectivity index (χ4v) is 6.27. The zero-order valence-electron chi connectivity index (χ0n) is 20.6. The molecule has 1 N–H and O–H groups in total. The van der Waals surface area contributed by atoms with Gasteiger partial charge in [-0.05, 0) is 63.1 Å². The third-order valence-electron chi connectivity index (χ3n) is 7.33. The average Bonchev–Trinajstić information content (AvgIpc) is 3.38. The first-order chi connectivity index (χ1) is 17.4. The molecule has 0 saturated heterocycles. The van der Waals surface area contributed by atoms with Gasteiger partial charge in [0.15, 0.2) is 6.61 Å². The van der Waals surface area contributed by atoms with E-state index >= 15 is 0 Å². The summed E-state index contributed by atoms with van der Waals surface area (Å²) in [5, 5.41) is 9.04. The van der Waals surface area contributed by atoms with Crippen molar-refractivity contribution < 1.29 is 18.3 Å². The highest BCUT2D eigenvalue weighted by molar-refractivity contribution is 7.13. The summed E-state index contributed by atoms with van der Waals surface area (Å²) in [5.74, 6) is 0.673. The maximum absolute atomic E-state index is 12.8. The lowest BCUT2D eigenvalue weighted by Gasteiger charge is -2.30. The van der Waals surface area contributed by atoms with Crippen LogP contribution < -0.4 is 10.1 Å². The van der Waals surface area contributed by atoms with Crippen LogP contribution in [-0.4, -0.2) is 64.3 Å². The molecular weight excluding hydrogens is 484 g/mol. The van der Waals surface area contributed by atoms with Gasteiger partial charge in [0.2, 0.25) is 0 Å². The van der Waals surface area contributed by atoms with Crippen molar-refractivity contribution in [3.05, 3.63) is 40.5 Å². The van der Waals surface area contributed by atoms with Crippen LogP contribution in [0.3, 0.4) is 0 Å². The van der Waals surface area contributed by atoms with Crippen LogP contribution in [0.4, 0.5) is 8.78 Å². The Morgan fingerprint density at radius 3 is 2.83 bits per heavy atom. The van der Waals surface area contributed by atoms with E-state index in [2.05, 4.69) is 20.3 Å². The lowest BCUT2D eigenvalue weighted by molar-refractivity contribution is 0.0816. The second kappa shape index (κ2) is 11.2. The second-order valence-corrected chi connectivity index (χ2v) is 11.0. The molecule has 36 heavy (non-hydrogen) atoms. The molecule has 2 aromatic heterocycles. The fraction of sp³-hybridized carbons (Fsp3) is 0.577. The van der Waals surface area contributed by atoms with Gasteiger partial charge in [0.05, 0.1) is 11.2 Å². The van der Waals surface area contributed by atoms with Crippen LogP contribution in [0.25, 0.3) is 10.9 Å². The fourth-order valence-electron chi connectivity index (χ4n) is 5.32. The lowest BCUT2D eigenvalue weighted by atomic mass is 9.84. The molecule has 0 atom stereocenters. The Bertz CT molecular complexity index is 1160. The standard InChI is InChI=1S/C26H33F2N5O2S/c1-32-15-19-5-4-18(14-22(19)31-32)25(34)29-20-6-2-17(3-7-20)8-11-33-12-9-21-23(10-13-33)36-26(30-21)35-16-24(27)28/h4-5,14-15,17,20,24H,2-3,6-13,16H2,1H3,(H,29,34)/t17-,20-. The van der Waals surface area contributed by atoms with Crippen LogP contribution in [0.1, 0.15) is 53.0 Å². The van der Waals surface area contributed by atoms with E-state index in [1.807, 2.05) is 31.4 Å². The Labute approximate surface area is 213 Å². The van der Waals surface area contributed by atoms with E-state index < -0.39 is 13.0 Å². The summed E-state index contributed by atoms with van der Waals surface area (Å²) in [5.41, 5.74) is 2.51. The van der Waals surface area contributed by atoms with Gasteiger partial charge >= 0.3 is 0 Å². The van der Waals surface area contributed by atoms with Crippen LogP contribution in [0.2, 0.25) is 0 Å². The highest BCUT2D eigenvalue weighted by Gasteiger charge is 2.25. The molecule has 194 valence electrons. The molecule has 1 saturated carbocycles. The minimum atomic E-state index is -2.47. The van der Waals surface area contributed by atoms with Crippen molar-refractivity contribution in [1.29, 1.82) is 0 Å². The molecular formula is C26H33F2N5O2S. The van der Waals surface area contributed by atoms with Crippen LogP contribution >= 0.6 is 11.3 Å². The van der Waals surface area contributed by atoms with Crippen molar-refractivity contribution in [2.75, 3.05) is 26.2 Å². The van der Waals surface area contributed by atoms with Gasteiger partial charge in [-0.25, -0.2) is 13.8 Å². The molecule has 5 rings (SSSR count). The van der Waals surface area contributed by atoms with E-state index in [9.17, 15) is 13.6 Å². The summed E-state index contributed by atoms with van der Waals surface area (Å²) in [6, 6.07) is 5.92. The quantitative estimate of drug-likeness (QED) is 0.478. The SMILES string of the molecule is Cn1cc2ccc(C(=O)N[C@H]3CC[C@H](CCN4CCc5nc(OCC(F)F)sc5CC4)CC3)cc2n1. The third kappa shape index (κ3) is 6.21. The van der Waals surface area contributed by atoms with Gasteiger partial charge in [-0.3, -0.25) is 9.48 Å². The summed E-state index contributed by atoms with van der Waals surface area (Å²) in [7, 11) is 1.88. The zero-order valence-corrected chi connectivity index (χ0v) is 21.4. The Hall–Kier alpha value is -2.59. The minimum absolute atomic E-state index is 0.0144. The smallest absolute Gasteiger partial charge is 0.273 e. The van der Waals surface area contributed by atoms with E-state index in [0.29, 0.717) is 16.7 Å². The lowest BCUT2D eigenvalue weighted by Crippen LogP contribution is -2.38. The number of nitrogens with zero attached hydrogens (tertiary/aromatic N) is 4. The number of hydrogen-bond donors (Lipinski definition) is 1. The highest BCUT2D eigenvalue weighted by atomic mass is 32.1. The van der Waals surface area contributed by atoms with Crippen molar-refractivity contribution in [3.8, 4) is 5.19 Å². The monoisotopic (exact) mass is 517 g/mol. The highest BCUT2D eigenvalue weighted by Crippen LogP contribution is 2.30. The number of hydrogen-bond acceptors (Lipinski definition) is 6. The number of aromatic nitrogens is 3. The van der Waals surface area contributed by atoms with E-state index in [4.69, 9.17) is 4.74 Å². The van der Waals surface area contributed by atoms with Crippen LogP contribution in [0.15, 0.2) is 24.4 Å². The van der Waals surface area contributed by atoms with E-state index in [1.54, 1.807) is 4.68 Å². The summed E-state index contributed by atoms with van der Waals surface area (Å²) >= 11 is 1.41. The summed E-state index contributed by atoms with van der Waals surface area (Å²) in [4.78, 5) is 20.9. The maximum atomic E-state index is 12.8. The van der Waals surface area contributed by atoms with Crippen molar-refractivity contribution in [2.45, 2.75) is 57.4 Å². The summed E-state index contributed by atoms with van der Waals surface area (Å²) in [6.45, 7) is 2.38. The van der Waals surface area contributed by atoms with Gasteiger partial charge in [-0.2, -0.15) is 5.10 Å². The first-order valence-corrected chi connectivity index (χ1v) is 13.6. The molecule has 10 heteroatoms. The molecule has 1 fully saturated rings. The molecule has 3 aromatic rings. The minimum Gasteiger partial charge on any atom is -0.464 e. The van der Waals surface area contributed by atoms with Crippen molar-refractivity contribution in [3.63, 3.8) is 0 Å². The number of carbonyl (C=O) groups excluding carboxylic acids is 1. The largest absolute Gasteiger partial charge is 0.464 e. The molecule has 3 heterocycles. The summed E-state index contributed by atoms with van der Waals surface area (Å²) < 4.78 is 31.6. The first-order valence-electron chi connectivity index (χ1n) is 12.8.